The molecule has 0 bridgehead atoms. The number of amides is 2. The van der Waals surface area contributed by atoms with Gasteiger partial charge in [-0.15, -0.1) is 0 Å². The Morgan fingerprint density at radius 2 is 2.00 bits per heavy atom. The highest BCUT2D eigenvalue weighted by Gasteiger charge is 2.37. The molecule has 1 fully saturated rings. The Hall–Kier alpha value is -1.67. The minimum Gasteiger partial charge on any atom is -0.480 e. The molecule has 1 rings (SSSR count). The number of hydrogen-bond acceptors (Lipinski definition) is 5. The summed E-state index contributed by atoms with van der Waals surface area (Å²) in [5, 5.41) is 12.0. The van der Waals surface area contributed by atoms with Crippen LogP contribution in [0.4, 0.5) is 0 Å². The van der Waals surface area contributed by atoms with Crippen molar-refractivity contribution in [3.8, 4) is 0 Å². The van der Waals surface area contributed by atoms with E-state index in [0.717, 1.165) is 12.8 Å². The van der Waals surface area contributed by atoms with Crippen LogP contribution in [0.3, 0.4) is 0 Å². The van der Waals surface area contributed by atoms with Gasteiger partial charge in [0.2, 0.25) is 11.8 Å². The maximum atomic E-state index is 12.8. The van der Waals surface area contributed by atoms with Gasteiger partial charge in [0.15, 0.2) is 0 Å². The molecule has 0 spiro atoms. The third-order valence-electron chi connectivity index (χ3n) is 4.94. The summed E-state index contributed by atoms with van der Waals surface area (Å²) >= 11 is 0. The number of nitrogens with one attached hydrogen (secondary N) is 1. The lowest BCUT2D eigenvalue weighted by Crippen LogP contribution is -2.55. The van der Waals surface area contributed by atoms with Gasteiger partial charge < -0.3 is 26.8 Å². The van der Waals surface area contributed by atoms with Crippen molar-refractivity contribution >= 4 is 17.8 Å². The van der Waals surface area contributed by atoms with Crippen LogP contribution in [-0.4, -0.2) is 59.0 Å². The highest BCUT2D eigenvalue weighted by molar-refractivity contribution is 5.92. The van der Waals surface area contributed by atoms with E-state index >= 15 is 0 Å². The predicted octanol–water partition coefficient (Wildman–Crippen LogP) is 0.0492. The maximum absolute atomic E-state index is 12.8. The molecule has 0 aromatic carbocycles. The lowest BCUT2D eigenvalue weighted by Gasteiger charge is -2.28. The van der Waals surface area contributed by atoms with Crippen molar-refractivity contribution < 1.29 is 19.5 Å². The zero-order valence-electron chi connectivity index (χ0n) is 15.2. The molecule has 1 saturated heterocycles. The van der Waals surface area contributed by atoms with Crippen molar-refractivity contribution in [3.63, 3.8) is 0 Å². The fourth-order valence-corrected chi connectivity index (χ4v) is 3.02. The zero-order valence-corrected chi connectivity index (χ0v) is 15.2. The highest BCUT2D eigenvalue weighted by atomic mass is 16.4. The summed E-state index contributed by atoms with van der Waals surface area (Å²) in [7, 11) is 0. The molecule has 0 aromatic heterocycles. The Morgan fingerprint density at radius 1 is 1.32 bits per heavy atom. The molecule has 144 valence electrons. The molecule has 4 atom stereocenters. The molecule has 0 saturated carbocycles. The Balaban J connectivity index is 2.82. The molecule has 0 aliphatic carbocycles. The topological polar surface area (TPSA) is 139 Å². The monoisotopic (exact) mass is 356 g/mol. The SMILES string of the molecule is CC[C@H](C)[C@H](N)C(=O)N[C@@H](CCCCN)C(=O)N1CCC[C@H]1C(=O)O. The normalized spacial score (nSPS) is 20.8. The first-order valence-electron chi connectivity index (χ1n) is 9.12. The molecule has 1 heterocycles. The fraction of sp³-hybridized carbons (Fsp3) is 0.824. The van der Waals surface area contributed by atoms with E-state index in [4.69, 9.17) is 11.5 Å². The van der Waals surface area contributed by atoms with Crippen molar-refractivity contribution in [2.24, 2.45) is 17.4 Å². The van der Waals surface area contributed by atoms with Crippen LogP contribution in [0.25, 0.3) is 0 Å². The molecule has 6 N–H and O–H groups in total. The minimum absolute atomic E-state index is 0.00153. The molecule has 0 aromatic rings. The average molecular weight is 356 g/mol. The van der Waals surface area contributed by atoms with Gasteiger partial charge in [0, 0.05) is 6.54 Å². The highest BCUT2D eigenvalue weighted by Crippen LogP contribution is 2.20. The summed E-state index contributed by atoms with van der Waals surface area (Å²) in [4.78, 5) is 37.9. The molecule has 2 amide bonds. The number of carbonyl (C=O) groups is 3. The molecule has 8 nitrogen and oxygen atoms in total. The lowest BCUT2D eigenvalue weighted by molar-refractivity contribution is -0.149. The van der Waals surface area contributed by atoms with Crippen molar-refractivity contribution in [2.75, 3.05) is 13.1 Å². The number of carboxylic acid groups (broad SMARTS) is 1. The van der Waals surface area contributed by atoms with Gasteiger partial charge in [0.05, 0.1) is 6.04 Å². The second kappa shape index (κ2) is 10.4. The van der Waals surface area contributed by atoms with Crippen molar-refractivity contribution in [1.82, 2.24) is 10.2 Å². The van der Waals surface area contributed by atoms with E-state index < -0.39 is 24.1 Å². The Kier molecular flexibility index (Phi) is 8.85. The van der Waals surface area contributed by atoms with Crippen LogP contribution in [0.5, 0.6) is 0 Å². The predicted molar refractivity (Wildman–Crippen MR) is 94.6 cm³/mol. The quantitative estimate of drug-likeness (QED) is 0.408. The molecule has 1 aliphatic rings. The van der Waals surface area contributed by atoms with E-state index in [-0.39, 0.29) is 17.7 Å². The first-order valence-corrected chi connectivity index (χ1v) is 9.12. The van der Waals surface area contributed by atoms with Gasteiger partial charge in [-0.25, -0.2) is 4.79 Å². The van der Waals surface area contributed by atoms with Gasteiger partial charge >= 0.3 is 5.97 Å². The van der Waals surface area contributed by atoms with E-state index in [1.54, 1.807) is 0 Å². The number of unbranched alkanes of at least 4 members (excludes halogenated alkanes) is 1. The molecule has 0 radical (unpaired) electrons. The van der Waals surface area contributed by atoms with Crippen molar-refractivity contribution in [2.45, 2.75) is 70.5 Å². The number of aliphatic carboxylic acids is 1. The Labute approximate surface area is 149 Å². The van der Waals surface area contributed by atoms with Gasteiger partial charge in [-0.1, -0.05) is 20.3 Å². The summed E-state index contributed by atoms with van der Waals surface area (Å²) in [6.07, 6.45) is 3.69. The Bertz CT molecular complexity index is 472. The number of hydrogen-bond donors (Lipinski definition) is 4. The minimum atomic E-state index is -1.01. The van der Waals surface area contributed by atoms with Gasteiger partial charge in [-0.05, 0) is 44.6 Å². The van der Waals surface area contributed by atoms with Crippen molar-refractivity contribution in [3.05, 3.63) is 0 Å². The summed E-state index contributed by atoms with van der Waals surface area (Å²) in [5.74, 6) is -1.72. The summed E-state index contributed by atoms with van der Waals surface area (Å²) in [5.41, 5.74) is 11.5. The molecular weight excluding hydrogens is 324 g/mol. The molecule has 8 heteroatoms. The lowest BCUT2D eigenvalue weighted by atomic mass is 9.98. The maximum Gasteiger partial charge on any atom is 0.326 e. The van der Waals surface area contributed by atoms with Crippen LogP contribution in [0.1, 0.15) is 52.4 Å². The standard InChI is InChI=1S/C17H32N4O4/c1-3-11(2)14(19)15(22)20-12(7-4-5-9-18)16(23)21-10-6-8-13(21)17(24)25/h11-14H,3-10,18-19H2,1-2H3,(H,20,22)(H,24,25)/t11-,12-,13-,14-/m0/s1. The first kappa shape index (κ1) is 21.4. The van der Waals surface area contributed by atoms with Crippen LogP contribution in [-0.2, 0) is 14.4 Å². The number of rotatable bonds is 10. The summed E-state index contributed by atoms with van der Waals surface area (Å²) in [6.45, 7) is 4.74. The largest absolute Gasteiger partial charge is 0.480 e. The third-order valence-corrected chi connectivity index (χ3v) is 4.94. The summed E-state index contributed by atoms with van der Waals surface area (Å²) in [6, 6.07) is -2.26. The smallest absolute Gasteiger partial charge is 0.326 e. The second-order valence-electron chi connectivity index (χ2n) is 6.78. The number of nitrogens with two attached hydrogens (primary N) is 2. The Morgan fingerprint density at radius 3 is 2.56 bits per heavy atom. The van der Waals surface area contributed by atoms with Crippen LogP contribution in [0.2, 0.25) is 0 Å². The number of carboxylic acids is 1. The first-order chi connectivity index (χ1) is 11.8. The van der Waals surface area contributed by atoms with Gasteiger partial charge in [0.25, 0.3) is 0 Å². The second-order valence-corrected chi connectivity index (χ2v) is 6.78. The summed E-state index contributed by atoms with van der Waals surface area (Å²) < 4.78 is 0. The van der Waals surface area contributed by atoms with E-state index in [0.29, 0.717) is 38.8 Å². The molecule has 1 aliphatic heterocycles. The van der Waals surface area contributed by atoms with Crippen LogP contribution < -0.4 is 16.8 Å². The zero-order chi connectivity index (χ0) is 19.0. The van der Waals surface area contributed by atoms with Crippen molar-refractivity contribution in [1.29, 1.82) is 0 Å². The van der Waals surface area contributed by atoms with Gasteiger partial charge in [-0.2, -0.15) is 0 Å². The van der Waals surface area contributed by atoms with Crippen LogP contribution in [0, 0.1) is 5.92 Å². The van der Waals surface area contributed by atoms with Crippen LogP contribution in [0.15, 0.2) is 0 Å². The van der Waals surface area contributed by atoms with E-state index in [1.807, 2.05) is 13.8 Å². The molecule has 0 unspecified atom stereocenters. The number of nitrogens with zero attached hydrogens (tertiary/aromatic N) is 1. The van der Waals surface area contributed by atoms with E-state index in [9.17, 15) is 19.5 Å². The van der Waals surface area contributed by atoms with Gasteiger partial charge in [-0.3, -0.25) is 9.59 Å². The van der Waals surface area contributed by atoms with E-state index in [1.165, 1.54) is 4.90 Å². The number of likely N-dealkylation sites (tertiary alicyclic amines) is 1. The third kappa shape index (κ3) is 5.97. The van der Waals surface area contributed by atoms with E-state index in [2.05, 4.69) is 5.32 Å². The molecular formula is C17H32N4O4. The van der Waals surface area contributed by atoms with Gasteiger partial charge in [0.1, 0.15) is 12.1 Å². The van der Waals surface area contributed by atoms with Crippen LogP contribution >= 0.6 is 0 Å². The number of carbonyl (C=O) groups excluding carboxylic acids is 2. The fourth-order valence-electron chi connectivity index (χ4n) is 3.02. The average Bonchev–Trinajstić information content (AvgIpc) is 3.08. The molecule has 25 heavy (non-hydrogen) atoms.